The van der Waals surface area contributed by atoms with Crippen molar-refractivity contribution in [1.29, 1.82) is 0 Å². The summed E-state index contributed by atoms with van der Waals surface area (Å²) >= 11 is 0. The number of hydrogen-bond donors (Lipinski definition) is 2. The molecule has 21 heavy (non-hydrogen) atoms. The van der Waals surface area contributed by atoms with Gasteiger partial charge in [0.05, 0.1) is 13.2 Å². The molecule has 1 aromatic heterocycles. The van der Waals surface area contributed by atoms with Crippen LogP contribution in [0.1, 0.15) is 10.4 Å². The van der Waals surface area contributed by atoms with E-state index in [0.29, 0.717) is 18.7 Å². The highest BCUT2D eigenvalue weighted by molar-refractivity contribution is 5.98. The Kier molecular flexibility index (Phi) is 3.62. The Morgan fingerprint density at radius 2 is 2.24 bits per heavy atom. The molecular formula is C15H17N3O3. The SMILES string of the molecule is CNC(=O)[C@H]1CN(C(=O)c2ccc3cc[nH]c3c2)CCO1. The van der Waals surface area contributed by atoms with Gasteiger partial charge in [-0.15, -0.1) is 0 Å². The summed E-state index contributed by atoms with van der Waals surface area (Å²) in [7, 11) is 1.56. The van der Waals surface area contributed by atoms with E-state index in [2.05, 4.69) is 10.3 Å². The van der Waals surface area contributed by atoms with E-state index in [1.54, 1.807) is 11.9 Å². The molecule has 1 saturated heterocycles. The van der Waals surface area contributed by atoms with Gasteiger partial charge in [0.2, 0.25) is 0 Å². The molecule has 2 aromatic rings. The lowest BCUT2D eigenvalue weighted by Gasteiger charge is -2.32. The van der Waals surface area contributed by atoms with Crippen LogP contribution in [-0.4, -0.2) is 54.5 Å². The summed E-state index contributed by atoms with van der Waals surface area (Å²) in [6.07, 6.45) is 1.25. The number of carbonyl (C=O) groups excluding carboxylic acids is 2. The van der Waals surface area contributed by atoms with Crippen LogP contribution >= 0.6 is 0 Å². The van der Waals surface area contributed by atoms with Crippen LogP contribution in [0.4, 0.5) is 0 Å². The largest absolute Gasteiger partial charge is 0.365 e. The maximum absolute atomic E-state index is 12.5. The fraction of sp³-hybridized carbons (Fsp3) is 0.333. The van der Waals surface area contributed by atoms with Crippen LogP contribution in [0.2, 0.25) is 0 Å². The van der Waals surface area contributed by atoms with E-state index >= 15 is 0 Å². The zero-order chi connectivity index (χ0) is 14.8. The molecule has 0 spiro atoms. The van der Waals surface area contributed by atoms with Gasteiger partial charge in [-0.1, -0.05) is 6.07 Å². The molecule has 1 aromatic carbocycles. The van der Waals surface area contributed by atoms with Crippen LogP contribution in [0.5, 0.6) is 0 Å². The summed E-state index contributed by atoms with van der Waals surface area (Å²) in [5.41, 5.74) is 1.54. The van der Waals surface area contributed by atoms with E-state index in [0.717, 1.165) is 10.9 Å². The van der Waals surface area contributed by atoms with Gasteiger partial charge in [0.1, 0.15) is 0 Å². The number of carbonyl (C=O) groups is 2. The molecule has 0 aliphatic carbocycles. The van der Waals surface area contributed by atoms with E-state index in [-0.39, 0.29) is 18.4 Å². The number of H-pyrrole nitrogens is 1. The summed E-state index contributed by atoms with van der Waals surface area (Å²) in [5.74, 6) is -0.281. The number of nitrogens with one attached hydrogen (secondary N) is 2. The first-order valence-electron chi connectivity index (χ1n) is 6.88. The van der Waals surface area contributed by atoms with Crippen LogP contribution in [0.15, 0.2) is 30.5 Å². The van der Waals surface area contributed by atoms with Crippen molar-refractivity contribution in [3.8, 4) is 0 Å². The third-order valence-corrected chi connectivity index (χ3v) is 3.69. The van der Waals surface area contributed by atoms with Gasteiger partial charge in [-0.05, 0) is 23.6 Å². The standard InChI is InChI=1S/C15H17N3O3/c1-16-14(19)13-9-18(6-7-21-13)15(20)11-3-2-10-4-5-17-12(10)8-11/h2-5,8,13,17H,6-7,9H2,1H3,(H,16,19)/t13-/m1/s1. The van der Waals surface area contributed by atoms with Crippen LogP contribution in [-0.2, 0) is 9.53 Å². The normalized spacial score (nSPS) is 18.7. The average molecular weight is 287 g/mol. The van der Waals surface area contributed by atoms with Crippen LogP contribution < -0.4 is 5.32 Å². The number of benzene rings is 1. The van der Waals surface area contributed by atoms with Gasteiger partial charge in [-0.2, -0.15) is 0 Å². The lowest BCUT2D eigenvalue weighted by atomic mass is 10.1. The topological polar surface area (TPSA) is 74.4 Å². The lowest BCUT2D eigenvalue weighted by Crippen LogP contribution is -2.51. The molecule has 2 heterocycles. The molecule has 6 heteroatoms. The Hall–Kier alpha value is -2.34. The zero-order valence-electron chi connectivity index (χ0n) is 11.8. The Morgan fingerprint density at radius 3 is 3.05 bits per heavy atom. The van der Waals surface area contributed by atoms with Crippen molar-refractivity contribution < 1.29 is 14.3 Å². The molecule has 3 rings (SSSR count). The molecular weight excluding hydrogens is 270 g/mol. The second-order valence-electron chi connectivity index (χ2n) is 5.00. The third-order valence-electron chi connectivity index (χ3n) is 3.69. The first kappa shape index (κ1) is 13.6. The van der Waals surface area contributed by atoms with Crippen LogP contribution in [0, 0.1) is 0 Å². The molecule has 6 nitrogen and oxygen atoms in total. The number of likely N-dealkylation sites (N-methyl/N-ethyl adjacent to an activating group) is 1. The third kappa shape index (κ3) is 2.62. The minimum absolute atomic E-state index is 0.0799. The molecule has 2 amide bonds. The van der Waals surface area contributed by atoms with Gasteiger partial charge >= 0.3 is 0 Å². The number of aromatic amines is 1. The average Bonchev–Trinajstić information content (AvgIpc) is 3.01. The minimum atomic E-state index is -0.595. The number of morpholine rings is 1. The molecule has 0 radical (unpaired) electrons. The molecule has 1 aliphatic heterocycles. The number of amides is 2. The van der Waals surface area contributed by atoms with Gasteiger partial charge in [0, 0.05) is 30.9 Å². The first-order chi connectivity index (χ1) is 10.2. The molecule has 1 aliphatic rings. The van der Waals surface area contributed by atoms with E-state index in [9.17, 15) is 9.59 Å². The van der Waals surface area contributed by atoms with Gasteiger partial charge in [0.15, 0.2) is 6.10 Å². The predicted octanol–water partition coefficient (Wildman–Crippen LogP) is 0.755. The van der Waals surface area contributed by atoms with E-state index in [1.807, 2.05) is 30.5 Å². The highest BCUT2D eigenvalue weighted by Crippen LogP contribution is 2.17. The highest BCUT2D eigenvalue weighted by Gasteiger charge is 2.29. The number of rotatable bonds is 2. The lowest BCUT2D eigenvalue weighted by molar-refractivity contribution is -0.136. The number of nitrogens with zero attached hydrogens (tertiary/aromatic N) is 1. The van der Waals surface area contributed by atoms with Crippen molar-refractivity contribution in [3.63, 3.8) is 0 Å². The Morgan fingerprint density at radius 1 is 1.38 bits per heavy atom. The van der Waals surface area contributed by atoms with Gasteiger partial charge in [0.25, 0.3) is 11.8 Å². The van der Waals surface area contributed by atoms with Crippen molar-refractivity contribution >= 4 is 22.7 Å². The predicted molar refractivity (Wildman–Crippen MR) is 78.0 cm³/mol. The second-order valence-corrected chi connectivity index (χ2v) is 5.00. The number of ether oxygens (including phenoxy) is 1. The van der Waals surface area contributed by atoms with Gasteiger partial charge in [-0.25, -0.2) is 0 Å². The highest BCUT2D eigenvalue weighted by atomic mass is 16.5. The fourth-order valence-corrected chi connectivity index (χ4v) is 2.52. The van der Waals surface area contributed by atoms with E-state index < -0.39 is 6.10 Å². The summed E-state index contributed by atoms with van der Waals surface area (Å²) in [6, 6.07) is 7.51. The van der Waals surface area contributed by atoms with Gasteiger partial charge in [-0.3, -0.25) is 9.59 Å². The Bertz CT molecular complexity index is 680. The van der Waals surface area contributed by atoms with Gasteiger partial charge < -0.3 is 19.9 Å². The summed E-state index contributed by atoms with van der Waals surface area (Å²) < 4.78 is 5.39. The van der Waals surface area contributed by atoms with Crippen LogP contribution in [0.25, 0.3) is 10.9 Å². The Labute approximate surface area is 122 Å². The second kappa shape index (κ2) is 5.57. The number of hydrogen-bond acceptors (Lipinski definition) is 3. The molecule has 0 bridgehead atoms. The molecule has 110 valence electrons. The van der Waals surface area contributed by atoms with E-state index in [4.69, 9.17) is 4.74 Å². The summed E-state index contributed by atoms with van der Waals surface area (Å²) in [5, 5.41) is 3.61. The molecule has 0 saturated carbocycles. The maximum Gasteiger partial charge on any atom is 0.254 e. The maximum atomic E-state index is 12.5. The summed E-state index contributed by atoms with van der Waals surface area (Å²) in [4.78, 5) is 28.9. The van der Waals surface area contributed by atoms with Crippen molar-refractivity contribution in [3.05, 3.63) is 36.0 Å². The molecule has 2 N–H and O–H groups in total. The van der Waals surface area contributed by atoms with Crippen molar-refractivity contribution in [2.75, 3.05) is 26.7 Å². The minimum Gasteiger partial charge on any atom is -0.365 e. The van der Waals surface area contributed by atoms with Crippen molar-refractivity contribution in [2.45, 2.75) is 6.10 Å². The molecule has 0 unspecified atom stereocenters. The molecule has 1 fully saturated rings. The Balaban J connectivity index is 1.78. The quantitative estimate of drug-likeness (QED) is 0.856. The number of aromatic nitrogens is 1. The first-order valence-corrected chi connectivity index (χ1v) is 6.88. The van der Waals surface area contributed by atoms with Crippen LogP contribution in [0.3, 0.4) is 0 Å². The van der Waals surface area contributed by atoms with Crippen molar-refractivity contribution in [2.24, 2.45) is 0 Å². The van der Waals surface area contributed by atoms with Crippen molar-refractivity contribution in [1.82, 2.24) is 15.2 Å². The summed E-state index contributed by atoms with van der Waals surface area (Å²) in [6.45, 7) is 1.14. The fourth-order valence-electron chi connectivity index (χ4n) is 2.52. The monoisotopic (exact) mass is 287 g/mol. The van der Waals surface area contributed by atoms with E-state index in [1.165, 1.54) is 0 Å². The zero-order valence-corrected chi connectivity index (χ0v) is 11.8. The number of fused-ring (bicyclic) bond motifs is 1. The molecule has 1 atom stereocenters. The smallest absolute Gasteiger partial charge is 0.254 e.